The number of carbonyl (C=O) groups excluding carboxylic acids is 1. The molecule has 0 radical (unpaired) electrons. The summed E-state index contributed by atoms with van der Waals surface area (Å²) in [6.45, 7) is 0.466. The smallest absolute Gasteiger partial charge is 0.454 e. The molecular formula is C15H13F3N2O2. The minimum atomic E-state index is -4.87. The van der Waals surface area contributed by atoms with E-state index in [0.29, 0.717) is 30.5 Å². The summed E-state index contributed by atoms with van der Waals surface area (Å²) in [5, 5.41) is 3.74. The van der Waals surface area contributed by atoms with E-state index in [9.17, 15) is 18.0 Å². The maximum Gasteiger partial charge on any atom is 0.454 e. The molecule has 1 aromatic heterocycles. The van der Waals surface area contributed by atoms with Gasteiger partial charge in [-0.25, -0.2) is 0 Å². The van der Waals surface area contributed by atoms with Gasteiger partial charge in [-0.1, -0.05) is 0 Å². The molecule has 0 bridgehead atoms. The van der Waals surface area contributed by atoms with Crippen molar-refractivity contribution >= 4 is 22.4 Å². The molecule has 2 heterocycles. The standard InChI is InChI=1S/C15H13F3N2O2/c1-22-8-2-3-11-10(6-8)9-4-5-19-12(14(9)20-11)7-13(21)15(16,17)18/h2-3,6-7,19-20H,4-5H2,1H3. The van der Waals surface area contributed by atoms with Crippen LogP contribution in [0.2, 0.25) is 0 Å². The monoisotopic (exact) mass is 310 g/mol. The molecule has 0 saturated heterocycles. The van der Waals surface area contributed by atoms with Gasteiger partial charge in [0.2, 0.25) is 0 Å². The molecule has 0 amide bonds. The van der Waals surface area contributed by atoms with Crippen LogP contribution in [0.3, 0.4) is 0 Å². The Balaban J connectivity index is 2.11. The van der Waals surface area contributed by atoms with Gasteiger partial charge in [0, 0.05) is 23.5 Å². The second-order valence-corrected chi connectivity index (χ2v) is 4.99. The Labute approximate surface area is 124 Å². The summed E-state index contributed by atoms with van der Waals surface area (Å²) < 4.78 is 42.5. The minimum absolute atomic E-state index is 0.166. The van der Waals surface area contributed by atoms with Crippen molar-refractivity contribution in [2.45, 2.75) is 12.6 Å². The van der Waals surface area contributed by atoms with Crippen LogP contribution in [-0.4, -0.2) is 30.6 Å². The zero-order valence-corrected chi connectivity index (χ0v) is 11.7. The average molecular weight is 310 g/mol. The number of hydrogen-bond acceptors (Lipinski definition) is 3. The molecular weight excluding hydrogens is 297 g/mol. The summed E-state index contributed by atoms with van der Waals surface area (Å²) in [4.78, 5) is 14.3. The first-order chi connectivity index (χ1) is 10.4. The lowest BCUT2D eigenvalue weighted by Crippen LogP contribution is -2.26. The molecule has 0 atom stereocenters. The highest BCUT2D eigenvalue weighted by Gasteiger charge is 2.37. The van der Waals surface area contributed by atoms with E-state index in [1.54, 1.807) is 19.2 Å². The van der Waals surface area contributed by atoms with Gasteiger partial charge in [0.05, 0.1) is 18.5 Å². The summed E-state index contributed by atoms with van der Waals surface area (Å²) in [6.07, 6.45) is -3.62. The number of aromatic amines is 1. The Morgan fingerprint density at radius 2 is 2.14 bits per heavy atom. The third kappa shape index (κ3) is 2.43. The predicted molar refractivity (Wildman–Crippen MR) is 75.6 cm³/mol. The lowest BCUT2D eigenvalue weighted by Gasteiger charge is -2.18. The third-order valence-electron chi connectivity index (χ3n) is 3.63. The molecule has 1 aliphatic rings. The fourth-order valence-electron chi connectivity index (χ4n) is 2.59. The van der Waals surface area contributed by atoms with E-state index < -0.39 is 12.0 Å². The highest BCUT2D eigenvalue weighted by molar-refractivity contribution is 6.01. The Hall–Kier alpha value is -2.44. The second-order valence-electron chi connectivity index (χ2n) is 4.99. The molecule has 1 aliphatic heterocycles. The van der Waals surface area contributed by atoms with E-state index in [2.05, 4.69) is 10.3 Å². The van der Waals surface area contributed by atoms with Gasteiger partial charge >= 0.3 is 6.18 Å². The molecule has 2 aromatic rings. The van der Waals surface area contributed by atoms with E-state index in [-0.39, 0.29) is 5.70 Å². The lowest BCUT2D eigenvalue weighted by atomic mass is 10.0. The van der Waals surface area contributed by atoms with Gasteiger partial charge in [-0.3, -0.25) is 4.79 Å². The summed E-state index contributed by atoms with van der Waals surface area (Å²) in [5.41, 5.74) is 2.36. The number of fused-ring (bicyclic) bond motifs is 3. The highest BCUT2D eigenvalue weighted by Crippen LogP contribution is 2.32. The number of carbonyl (C=O) groups is 1. The van der Waals surface area contributed by atoms with Gasteiger partial charge in [-0.2, -0.15) is 13.2 Å². The van der Waals surface area contributed by atoms with E-state index in [1.807, 2.05) is 6.07 Å². The van der Waals surface area contributed by atoms with Crippen molar-refractivity contribution in [2.24, 2.45) is 0 Å². The maximum atomic E-state index is 12.4. The van der Waals surface area contributed by atoms with E-state index >= 15 is 0 Å². The average Bonchev–Trinajstić information content (AvgIpc) is 2.85. The van der Waals surface area contributed by atoms with Gasteiger partial charge < -0.3 is 15.0 Å². The highest BCUT2D eigenvalue weighted by atomic mass is 19.4. The Morgan fingerprint density at radius 1 is 1.36 bits per heavy atom. The molecule has 3 rings (SSSR count). The SMILES string of the molecule is COc1ccc2[nH]c3c(c2c1)CCNC3=CC(=O)C(F)(F)F. The number of alkyl halides is 3. The Kier molecular flexibility index (Phi) is 3.35. The summed E-state index contributed by atoms with van der Waals surface area (Å²) in [5.74, 6) is -1.20. The van der Waals surface area contributed by atoms with Gasteiger partial charge in [0.1, 0.15) is 5.75 Å². The molecule has 22 heavy (non-hydrogen) atoms. The molecule has 2 N–H and O–H groups in total. The molecule has 0 spiro atoms. The molecule has 116 valence electrons. The number of halogens is 3. The minimum Gasteiger partial charge on any atom is -0.497 e. The van der Waals surface area contributed by atoms with Crippen molar-refractivity contribution in [1.82, 2.24) is 10.3 Å². The number of ether oxygens (including phenoxy) is 1. The van der Waals surface area contributed by atoms with E-state index in [0.717, 1.165) is 16.5 Å². The fourth-order valence-corrected chi connectivity index (χ4v) is 2.59. The van der Waals surface area contributed by atoms with Crippen molar-refractivity contribution in [3.05, 3.63) is 35.5 Å². The number of rotatable bonds is 2. The van der Waals surface area contributed by atoms with Crippen LogP contribution in [0, 0.1) is 0 Å². The topological polar surface area (TPSA) is 54.1 Å². The van der Waals surface area contributed by atoms with Gasteiger partial charge in [-0.05, 0) is 30.2 Å². The molecule has 0 unspecified atom stereocenters. The largest absolute Gasteiger partial charge is 0.497 e. The summed E-state index contributed by atoms with van der Waals surface area (Å²) >= 11 is 0. The Morgan fingerprint density at radius 3 is 2.82 bits per heavy atom. The van der Waals surface area contributed by atoms with Crippen molar-refractivity contribution in [1.29, 1.82) is 0 Å². The molecule has 0 saturated carbocycles. The quantitative estimate of drug-likeness (QED) is 0.839. The van der Waals surface area contributed by atoms with Crippen molar-refractivity contribution < 1.29 is 22.7 Å². The predicted octanol–water partition coefficient (Wildman–Crippen LogP) is 2.79. The van der Waals surface area contributed by atoms with Gasteiger partial charge in [0.25, 0.3) is 5.78 Å². The molecule has 7 heteroatoms. The number of allylic oxidation sites excluding steroid dienone is 1. The summed E-state index contributed by atoms with van der Waals surface area (Å²) in [7, 11) is 1.55. The Bertz CT molecular complexity index is 775. The number of nitrogens with one attached hydrogen (secondary N) is 2. The normalized spacial score (nSPS) is 16.5. The first-order valence-electron chi connectivity index (χ1n) is 6.66. The first kappa shape index (κ1) is 14.5. The van der Waals surface area contributed by atoms with Crippen LogP contribution in [0.4, 0.5) is 13.2 Å². The fraction of sp³-hybridized carbons (Fsp3) is 0.267. The molecule has 0 fully saturated rings. The second kappa shape index (κ2) is 5.08. The number of aromatic nitrogens is 1. The molecule has 1 aromatic carbocycles. The van der Waals surface area contributed by atoms with Crippen LogP contribution in [0.5, 0.6) is 5.75 Å². The zero-order valence-electron chi connectivity index (χ0n) is 11.7. The van der Waals surface area contributed by atoms with Gasteiger partial charge in [0.15, 0.2) is 0 Å². The number of methoxy groups -OCH3 is 1. The third-order valence-corrected chi connectivity index (χ3v) is 3.63. The zero-order chi connectivity index (χ0) is 15.9. The number of benzene rings is 1. The number of H-pyrrole nitrogens is 1. The van der Waals surface area contributed by atoms with Gasteiger partial charge in [-0.15, -0.1) is 0 Å². The van der Waals surface area contributed by atoms with Crippen LogP contribution in [0.25, 0.3) is 16.6 Å². The van der Waals surface area contributed by atoms with Crippen LogP contribution in [0.15, 0.2) is 24.3 Å². The van der Waals surface area contributed by atoms with E-state index in [1.165, 1.54) is 0 Å². The van der Waals surface area contributed by atoms with Crippen LogP contribution >= 0.6 is 0 Å². The molecule has 0 aliphatic carbocycles. The number of ketones is 1. The van der Waals surface area contributed by atoms with Crippen molar-refractivity contribution in [2.75, 3.05) is 13.7 Å². The van der Waals surface area contributed by atoms with Crippen molar-refractivity contribution in [3.63, 3.8) is 0 Å². The van der Waals surface area contributed by atoms with Crippen LogP contribution in [0.1, 0.15) is 11.3 Å². The number of hydrogen-bond donors (Lipinski definition) is 2. The van der Waals surface area contributed by atoms with E-state index in [4.69, 9.17) is 4.74 Å². The summed E-state index contributed by atoms with van der Waals surface area (Å²) in [6, 6.07) is 5.40. The lowest BCUT2D eigenvalue weighted by molar-refractivity contribution is -0.165. The first-order valence-corrected chi connectivity index (χ1v) is 6.66. The van der Waals surface area contributed by atoms with Crippen molar-refractivity contribution in [3.8, 4) is 5.75 Å². The van der Waals surface area contributed by atoms with Crippen LogP contribution < -0.4 is 10.1 Å². The van der Waals surface area contributed by atoms with Crippen LogP contribution in [-0.2, 0) is 11.2 Å². The maximum absolute atomic E-state index is 12.4. The molecule has 4 nitrogen and oxygen atoms in total.